The molecule has 7 heteroatoms. The largest absolute Gasteiger partial charge is 0.479 e. The molecule has 1 aromatic rings. The number of aliphatic carboxylic acids is 1. The van der Waals surface area contributed by atoms with Crippen molar-refractivity contribution in [3.63, 3.8) is 0 Å². The summed E-state index contributed by atoms with van der Waals surface area (Å²) in [5.74, 6) is -1.35. The number of carbonyl (C=O) groups is 1. The monoisotopic (exact) mass is 241 g/mol. The van der Waals surface area contributed by atoms with Gasteiger partial charge in [0.2, 0.25) is 0 Å². The van der Waals surface area contributed by atoms with E-state index in [0.717, 1.165) is 6.07 Å². The number of rotatable bonds is 5. The van der Waals surface area contributed by atoms with Gasteiger partial charge in [-0.05, 0) is 18.6 Å². The van der Waals surface area contributed by atoms with Gasteiger partial charge >= 0.3 is 11.7 Å². The van der Waals surface area contributed by atoms with E-state index in [9.17, 15) is 14.9 Å². The van der Waals surface area contributed by atoms with Crippen LogP contribution < -0.4 is 4.74 Å². The van der Waals surface area contributed by atoms with Gasteiger partial charge in [0.15, 0.2) is 11.9 Å². The van der Waals surface area contributed by atoms with E-state index in [1.807, 2.05) is 0 Å². The van der Waals surface area contributed by atoms with E-state index >= 15 is 0 Å². The molecule has 0 heterocycles. The lowest BCUT2D eigenvalue weighted by Gasteiger charge is -2.10. The average Bonchev–Trinajstić information content (AvgIpc) is 2.29. The van der Waals surface area contributed by atoms with Crippen LogP contribution in [0.1, 0.15) is 12.5 Å². The summed E-state index contributed by atoms with van der Waals surface area (Å²) in [7, 11) is 0. The fraction of sp³-hybridized carbons (Fsp3) is 0.300. The van der Waals surface area contributed by atoms with Crippen molar-refractivity contribution < 1.29 is 24.7 Å². The third-order valence-electron chi connectivity index (χ3n) is 2.05. The summed E-state index contributed by atoms with van der Waals surface area (Å²) in [6, 6.07) is 3.84. The van der Waals surface area contributed by atoms with Crippen LogP contribution in [0.3, 0.4) is 0 Å². The highest BCUT2D eigenvalue weighted by molar-refractivity contribution is 5.72. The van der Waals surface area contributed by atoms with Gasteiger partial charge in [-0.1, -0.05) is 6.07 Å². The minimum absolute atomic E-state index is 0.137. The number of aliphatic hydroxyl groups is 1. The van der Waals surface area contributed by atoms with Gasteiger partial charge < -0.3 is 14.9 Å². The molecular formula is C10H11NO6. The van der Waals surface area contributed by atoms with E-state index in [1.165, 1.54) is 19.1 Å². The first-order valence-corrected chi connectivity index (χ1v) is 4.73. The molecular weight excluding hydrogens is 230 g/mol. The van der Waals surface area contributed by atoms with Crippen molar-refractivity contribution in [2.45, 2.75) is 19.6 Å². The molecule has 2 N–H and O–H groups in total. The van der Waals surface area contributed by atoms with E-state index < -0.39 is 17.0 Å². The second-order valence-corrected chi connectivity index (χ2v) is 3.32. The maximum absolute atomic E-state index is 10.7. The van der Waals surface area contributed by atoms with Crippen LogP contribution in [0.4, 0.5) is 5.69 Å². The predicted molar refractivity (Wildman–Crippen MR) is 56.7 cm³/mol. The number of aliphatic hydroxyl groups excluding tert-OH is 1. The van der Waals surface area contributed by atoms with Gasteiger partial charge in [0, 0.05) is 6.07 Å². The maximum Gasteiger partial charge on any atom is 0.344 e. The van der Waals surface area contributed by atoms with Gasteiger partial charge in [-0.25, -0.2) is 4.79 Å². The fourth-order valence-electron chi connectivity index (χ4n) is 1.14. The van der Waals surface area contributed by atoms with Gasteiger partial charge in [0.05, 0.1) is 11.5 Å². The molecule has 0 amide bonds. The molecule has 7 nitrogen and oxygen atoms in total. The normalized spacial score (nSPS) is 11.9. The lowest BCUT2D eigenvalue weighted by Crippen LogP contribution is -2.23. The Bertz CT molecular complexity index is 444. The first-order valence-electron chi connectivity index (χ1n) is 4.73. The first kappa shape index (κ1) is 12.9. The van der Waals surface area contributed by atoms with Crippen molar-refractivity contribution in [3.05, 3.63) is 33.9 Å². The molecule has 0 fully saturated rings. The number of benzene rings is 1. The minimum Gasteiger partial charge on any atom is -0.479 e. The van der Waals surface area contributed by atoms with Crippen LogP contribution in [-0.2, 0) is 11.4 Å². The highest BCUT2D eigenvalue weighted by Gasteiger charge is 2.20. The molecule has 0 aliphatic heterocycles. The Morgan fingerprint density at radius 3 is 2.71 bits per heavy atom. The van der Waals surface area contributed by atoms with Crippen LogP contribution in [0.15, 0.2) is 18.2 Å². The summed E-state index contributed by atoms with van der Waals surface area (Å²) in [6.45, 7) is 0.932. The molecule has 0 saturated carbocycles. The van der Waals surface area contributed by atoms with Crippen LogP contribution >= 0.6 is 0 Å². The lowest BCUT2D eigenvalue weighted by atomic mass is 10.2. The van der Waals surface area contributed by atoms with Gasteiger partial charge in [-0.3, -0.25) is 10.1 Å². The molecule has 0 aliphatic carbocycles. The van der Waals surface area contributed by atoms with Crippen LogP contribution in [0, 0.1) is 10.1 Å². The zero-order chi connectivity index (χ0) is 13.0. The quantitative estimate of drug-likeness (QED) is 0.586. The van der Waals surface area contributed by atoms with Crippen LogP contribution in [0.5, 0.6) is 5.75 Å². The number of hydrogen-bond acceptors (Lipinski definition) is 5. The Balaban J connectivity index is 3.06. The van der Waals surface area contributed by atoms with Gasteiger partial charge in [-0.2, -0.15) is 0 Å². The van der Waals surface area contributed by atoms with Crippen molar-refractivity contribution in [2.75, 3.05) is 0 Å². The molecule has 1 atom stereocenters. The molecule has 1 unspecified atom stereocenters. The fourth-order valence-corrected chi connectivity index (χ4v) is 1.14. The summed E-state index contributed by atoms with van der Waals surface area (Å²) in [6.07, 6.45) is -1.19. The Kier molecular flexibility index (Phi) is 4.00. The Labute approximate surface area is 96.4 Å². The molecule has 92 valence electrons. The number of nitro benzene ring substituents is 1. The van der Waals surface area contributed by atoms with E-state index in [2.05, 4.69) is 0 Å². The molecule has 1 rings (SSSR count). The van der Waals surface area contributed by atoms with Gasteiger partial charge in [-0.15, -0.1) is 0 Å². The molecule has 0 spiro atoms. The highest BCUT2D eigenvalue weighted by Crippen LogP contribution is 2.28. The lowest BCUT2D eigenvalue weighted by molar-refractivity contribution is -0.386. The van der Waals surface area contributed by atoms with Crippen LogP contribution in [0.25, 0.3) is 0 Å². The van der Waals surface area contributed by atoms with Gasteiger partial charge in [0.1, 0.15) is 0 Å². The van der Waals surface area contributed by atoms with Crippen molar-refractivity contribution >= 4 is 11.7 Å². The summed E-state index contributed by atoms with van der Waals surface area (Å²) in [5.41, 5.74) is -0.0170. The second-order valence-electron chi connectivity index (χ2n) is 3.32. The smallest absolute Gasteiger partial charge is 0.344 e. The first-order chi connectivity index (χ1) is 7.95. The van der Waals surface area contributed by atoms with Crippen LogP contribution in [0.2, 0.25) is 0 Å². The third kappa shape index (κ3) is 3.15. The second kappa shape index (κ2) is 5.26. The SMILES string of the molecule is CC(Oc1ccc(CO)cc1[N+](=O)[O-])C(=O)O. The predicted octanol–water partition coefficient (Wildman–Crippen LogP) is 0.939. The van der Waals surface area contributed by atoms with E-state index in [4.69, 9.17) is 14.9 Å². The van der Waals surface area contributed by atoms with Crippen molar-refractivity contribution in [2.24, 2.45) is 0 Å². The Morgan fingerprint density at radius 2 is 2.24 bits per heavy atom. The van der Waals surface area contributed by atoms with Gasteiger partial charge in [0.25, 0.3) is 0 Å². The van der Waals surface area contributed by atoms with E-state index in [0.29, 0.717) is 5.56 Å². The maximum atomic E-state index is 10.7. The number of hydrogen-bond donors (Lipinski definition) is 2. The zero-order valence-electron chi connectivity index (χ0n) is 8.99. The number of ether oxygens (including phenoxy) is 1. The summed E-state index contributed by atoms with van der Waals surface area (Å²) < 4.78 is 4.94. The van der Waals surface area contributed by atoms with Crippen molar-refractivity contribution in [1.82, 2.24) is 0 Å². The van der Waals surface area contributed by atoms with Crippen molar-refractivity contribution in [1.29, 1.82) is 0 Å². The summed E-state index contributed by atoms with van der Waals surface area (Å²) >= 11 is 0. The Morgan fingerprint density at radius 1 is 1.59 bits per heavy atom. The molecule has 1 aromatic carbocycles. The molecule has 0 aliphatic rings. The van der Waals surface area contributed by atoms with E-state index in [-0.39, 0.29) is 18.0 Å². The number of nitrogens with zero attached hydrogens (tertiary/aromatic N) is 1. The molecule has 17 heavy (non-hydrogen) atoms. The number of carboxylic acid groups (broad SMARTS) is 1. The van der Waals surface area contributed by atoms with E-state index in [1.54, 1.807) is 0 Å². The molecule has 0 aromatic heterocycles. The summed E-state index contributed by atoms with van der Waals surface area (Å²) in [5, 5.41) is 28.2. The number of nitro groups is 1. The molecule has 0 radical (unpaired) electrons. The zero-order valence-corrected chi connectivity index (χ0v) is 8.99. The molecule has 0 bridgehead atoms. The standard InChI is InChI=1S/C10H11NO6/c1-6(10(13)14)17-9-3-2-7(5-12)4-8(9)11(15)16/h2-4,6,12H,5H2,1H3,(H,13,14). The summed E-state index contributed by atoms with van der Waals surface area (Å²) in [4.78, 5) is 20.6. The Hall–Kier alpha value is -2.15. The topological polar surface area (TPSA) is 110 Å². The number of carboxylic acids is 1. The average molecular weight is 241 g/mol. The molecule has 0 saturated heterocycles. The highest BCUT2D eigenvalue weighted by atomic mass is 16.6. The third-order valence-corrected chi connectivity index (χ3v) is 2.05. The van der Waals surface area contributed by atoms with Crippen molar-refractivity contribution in [3.8, 4) is 5.75 Å². The van der Waals surface area contributed by atoms with Crippen LogP contribution in [-0.4, -0.2) is 27.2 Å². The minimum atomic E-state index is -1.22.